The van der Waals surface area contributed by atoms with Gasteiger partial charge in [0.05, 0.1) is 0 Å². The Hall–Kier alpha value is -1.80. The Morgan fingerprint density at radius 3 is 2.54 bits per heavy atom. The quantitative estimate of drug-likeness (QED) is 0.706. The summed E-state index contributed by atoms with van der Waals surface area (Å²) in [6.45, 7) is 4.42. The molecule has 0 saturated heterocycles. The number of nitrogens with zero attached hydrogens (tertiary/aromatic N) is 1. The molecule has 0 amide bonds. The van der Waals surface area contributed by atoms with Gasteiger partial charge in [-0.3, -0.25) is 0 Å². The van der Waals surface area contributed by atoms with Crippen LogP contribution in [-0.2, 0) is 13.0 Å². The van der Waals surface area contributed by atoms with E-state index >= 15 is 0 Å². The topological polar surface area (TPSA) is 15.3 Å². The Labute approximate surface area is 158 Å². The van der Waals surface area contributed by atoms with E-state index in [0.717, 1.165) is 25.4 Å². The number of nitrogens with one attached hydrogen (secondary N) is 1. The summed E-state index contributed by atoms with van der Waals surface area (Å²) in [5, 5.41) is 3.81. The molecule has 0 bridgehead atoms. The molecule has 1 atom stereocenters. The summed E-state index contributed by atoms with van der Waals surface area (Å²) < 4.78 is 0. The second-order valence-corrected chi connectivity index (χ2v) is 8.18. The summed E-state index contributed by atoms with van der Waals surface area (Å²) in [6.07, 6.45) is 9.68. The van der Waals surface area contributed by atoms with E-state index in [1.807, 2.05) is 0 Å². The van der Waals surface area contributed by atoms with Gasteiger partial charge < -0.3 is 10.2 Å². The minimum atomic E-state index is 0.594. The molecule has 1 heterocycles. The molecule has 0 aromatic heterocycles. The summed E-state index contributed by atoms with van der Waals surface area (Å²) in [6, 6.07) is 18.4. The van der Waals surface area contributed by atoms with Crippen molar-refractivity contribution in [3.63, 3.8) is 0 Å². The molecule has 2 aromatic carbocycles. The zero-order valence-corrected chi connectivity index (χ0v) is 16.1. The van der Waals surface area contributed by atoms with Crippen LogP contribution in [0.1, 0.15) is 56.6 Å². The number of anilines is 2. The maximum Gasteiger partial charge on any atom is 0.0456 e. The molecule has 0 radical (unpaired) electrons. The lowest BCUT2D eigenvalue weighted by Gasteiger charge is -2.26. The highest BCUT2D eigenvalue weighted by Gasteiger charge is 2.22. The fourth-order valence-corrected chi connectivity index (χ4v) is 4.80. The Balaban J connectivity index is 1.42. The first-order valence-corrected chi connectivity index (χ1v) is 10.5. The van der Waals surface area contributed by atoms with Gasteiger partial charge in [0.2, 0.25) is 0 Å². The van der Waals surface area contributed by atoms with E-state index in [1.165, 1.54) is 61.0 Å². The van der Waals surface area contributed by atoms with E-state index in [4.69, 9.17) is 0 Å². The number of benzene rings is 2. The molecule has 1 aliphatic carbocycles. The molecule has 1 unspecified atom stereocenters. The van der Waals surface area contributed by atoms with Crippen molar-refractivity contribution in [2.75, 3.05) is 11.4 Å². The van der Waals surface area contributed by atoms with Crippen molar-refractivity contribution < 1.29 is 0 Å². The van der Waals surface area contributed by atoms with Crippen LogP contribution < -0.4 is 10.2 Å². The normalized spacial score (nSPS) is 18.7. The summed E-state index contributed by atoms with van der Waals surface area (Å²) in [5.74, 6) is 0.937. The second kappa shape index (κ2) is 8.26. The third kappa shape index (κ3) is 3.96. The molecule has 2 heteroatoms. The van der Waals surface area contributed by atoms with Gasteiger partial charge in [0.25, 0.3) is 0 Å². The lowest BCUT2D eigenvalue weighted by Crippen LogP contribution is -2.29. The van der Waals surface area contributed by atoms with Crippen molar-refractivity contribution in [3.05, 3.63) is 59.7 Å². The average Bonchev–Trinajstić information content (AvgIpc) is 3.11. The van der Waals surface area contributed by atoms with Gasteiger partial charge in [0, 0.05) is 30.5 Å². The van der Waals surface area contributed by atoms with Crippen LogP contribution in [0.2, 0.25) is 0 Å². The minimum Gasteiger partial charge on any atom is -0.341 e. The molecular weight excluding hydrogens is 316 g/mol. The maximum atomic E-state index is 3.81. The van der Waals surface area contributed by atoms with Crippen LogP contribution in [0.4, 0.5) is 11.4 Å². The van der Waals surface area contributed by atoms with Crippen LogP contribution in [0.25, 0.3) is 0 Å². The molecule has 1 N–H and O–H groups in total. The van der Waals surface area contributed by atoms with Crippen LogP contribution in [0.15, 0.2) is 48.5 Å². The zero-order chi connectivity index (χ0) is 17.8. The molecule has 2 aliphatic rings. The molecule has 138 valence electrons. The van der Waals surface area contributed by atoms with Gasteiger partial charge in [-0.05, 0) is 48.9 Å². The molecule has 4 rings (SSSR count). The Morgan fingerprint density at radius 1 is 0.962 bits per heavy atom. The third-order valence-electron chi connectivity index (χ3n) is 6.22. The predicted octanol–water partition coefficient (Wildman–Crippen LogP) is 5.83. The highest BCUT2D eigenvalue weighted by atomic mass is 15.2. The van der Waals surface area contributed by atoms with Gasteiger partial charge in [-0.15, -0.1) is 0 Å². The highest BCUT2D eigenvalue weighted by Crippen LogP contribution is 2.36. The number of fused-ring (bicyclic) bond motifs is 1. The number of hydrogen-bond acceptors (Lipinski definition) is 2. The summed E-state index contributed by atoms with van der Waals surface area (Å²) >= 11 is 0. The van der Waals surface area contributed by atoms with Gasteiger partial charge in [0.1, 0.15) is 0 Å². The van der Waals surface area contributed by atoms with Crippen LogP contribution in [0.3, 0.4) is 0 Å². The lowest BCUT2D eigenvalue weighted by atomic mass is 9.85. The number of hydrogen-bond donors (Lipinski definition) is 1. The van der Waals surface area contributed by atoms with E-state index in [1.54, 1.807) is 0 Å². The minimum absolute atomic E-state index is 0.594. The molecular formula is C24H32N2. The monoisotopic (exact) mass is 348 g/mol. The zero-order valence-electron chi connectivity index (χ0n) is 16.1. The molecule has 1 aliphatic heterocycles. The van der Waals surface area contributed by atoms with Crippen molar-refractivity contribution in [1.82, 2.24) is 5.32 Å². The Bertz CT molecular complexity index is 718. The fourth-order valence-electron chi connectivity index (χ4n) is 4.80. The van der Waals surface area contributed by atoms with E-state index in [-0.39, 0.29) is 0 Å². The first-order valence-electron chi connectivity index (χ1n) is 10.5. The lowest BCUT2D eigenvalue weighted by molar-refractivity contribution is 0.304. The highest BCUT2D eigenvalue weighted by molar-refractivity contribution is 5.71. The van der Waals surface area contributed by atoms with Crippen molar-refractivity contribution in [2.24, 2.45) is 5.92 Å². The van der Waals surface area contributed by atoms with Crippen LogP contribution >= 0.6 is 0 Å². The third-order valence-corrected chi connectivity index (χ3v) is 6.22. The van der Waals surface area contributed by atoms with Crippen LogP contribution in [0, 0.1) is 5.92 Å². The van der Waals surface area contributed by atoms with Gasteiger partial charge in [0.15, 0.2) is 0 Å². The van der Waals surface area contributed by atoms with Gasteiger partial charge in [-0.25, -0.2) is 0 Å². The van der Waals surface area contributed by atoms with Gasteiger partial charge >= 0.3 is 0 Å². The standard InChI is InChI=1S/C24H32N2/c1-19(17-20-9-3-2-4-10-20)25-18-22-12-6-8-14-24(22)26-16-15-21-11-5-7-13-23(21)26/h5-8,11-14,19-20,25H,2-4,9-10,15-18H2,1H3. The van der Waals surface area contributed by atoms with Gasteiger partial charge in [-0.2, -0.15) is 0 Å². The van der Waals surface area contributed by atoms with E-state index in [9.17, 15) is 0 Å². The summed E-state index contributed by atoms with van der Waals surface area (Å²) in [4.78, 5) is 2.50. The largest absolute Gasteiger partial charge is 0.341 e. The number of rotatable bonds is 6. The SMILES string of the molecule is CC(CC1CCCCC1)NCc1ccccc1N1CCc2ccccc21. The van der Waals surface area contributed by atoms with E-state index < -0.39 is 0 Å². The molecule has 0 spiro atoms. The smallest absolute Gasteiger partial charge is 0.0456 e. The van der Waals surface area contributed by atoms with Crippen molar-refractivity contribution in [1.29, 1.82) is 0 Å². The first-order chi connectivity index (χ1) is 12.8. The number of para-hydroxylation sites is 2. The molecule has 1 fully saturated rings. The summed E-state index contributed by atoms with van der Waals surface area (Å²) in [5.41, 5.74) is 5.64. The van der Waals surface area contributed by atoms with Crippen molar-refractivity contribution in [3.8, 4) is 0 Å². The Kier molecular flexibility index (Phi) is 5.59. The summed E-state index contributed by atoms with van der Waals surface area (Å²) in [7, 11) is 0. The van der Waals surface area contributed by atoms with E-state index in [2.05, 4.69) is 65.7 Å². The second-order valence-electron chi connectivity index (χ2n) is 8.18. The van der Waals surface area contributed by atoms with Crippen LogP contribution in [-0.4, -0.2) is 12.6 Å². The van der Waals surface area contributed by atoms with Crippen molar-refractivity contribution >= 4 is 11.4 Å². The van der Waals surface area contributed by atoms with E-state index in [0.29, 0.717) is 6.04 Å². The van der Waals surface area contributed by atoms with Crippen LogP contribution in [0.5, 0.6) is 0 Å². The molecule has 26 heavy (non-hydrogen) atoms. The van der Waals surface area contributed by atoms with Crippen molar-refractivity contribution in [2.45, 2.75) is 64.5 Å². The maximum absolute atomic E-state index is 3.81. The molecule has 2 aromatic rings. The average molecular weight is 349 g/mol. The first kappa shape index (κ1) is 17.6. The predicted molar refractivity (Wildman–Crippen MR) is 111 cm³/mol. The molecule has 1 saturated carbocycles. The molecule has 2 nitrogen and oxygen atoms in total. The Morgan fingerprint density at radius 2 is 1.69 bits per heavy atom. The fraction of sp³-hybridized carbons (Fsp3) is 0.500. The van der Waals surface area contributed by atoms with Gasteiger partial charge in [-0.1, -0.05) is 68.5 Å².